The number of nitrogens with two attached hydrogens (primary N) is 1. The Kier molecular flexibility index (Phi) is 4.12. The quantitative estimate of drug-likeness (QED) is 0.873. The lowest BCUT2D eigenvalue weighted by molar-refractivity contribution is 0.166. The van der Waals surface area contributed by atoms with Gasteiger partial charge in [-0.3, -0.25) is 0 Å². The van der Waals surface area contributed by atoms with Gasteiger partial charge in [0.15, 0.2) is 11.4 Å². The number of hydrogen-bond donors (Lipinski definition) is 2. The summed E-state index contributed by atoms with van der Waals surface area (Å²) < 4.78 is 5.95. The van der Waals surface area contributed by atoms with Crippen LogP contribution in [0.4, 0.5) is 5.95 Å². The van der Waals surface area contributed by atoms with E-state index in [-0.39, 0.29) is 17.7 Å². The zero-order valence-electron chi connectivity index (χ0n) is 12.0. The van der Waals surface area contributed by atoms with Crippen LogP contribution in [0.5, 0.6) is 5.75 Å². The van der Waals surface area contributed by atoms with Gasteiger partial charge in [-0.1, -0.05) is 0 Å². The Balaban J connectivity index is 1.90. The van der Waals surface area contributed by atoms with Crippen LogP contribution < -0.4 is 15.8 Å². The van der Waals surface area contributed by atoms with Gasteiger partial charge in [0, 0.05) is 24.5 Å². The second kappa shape index (κ2) is 6.37. The van der Waals surface area contributed by atoms with Crippen LogP contribution in [0.15, 0.2) is 24.5 Å². The molecule has 2 aromatic heterocycles. The molecule has 0 aromatic carbocycles. The molecule has 1 fully saturated rings. The summed E-state index contributed by atoms with van der Waals surface area (Å²) in [5.41, 5.74) is 7.27. The summed E-state index contributed by atoms with van der Waals surface area (Å²) in [6.07, 6.45) is 5.24. The highest BCUT2D eigenvalue weighted by Crippen LogP contribution is 2.26. The lowest BCUT2D eigenvalue weighted by atomic mass is 10.1. The minimum atomic E-state index is 0.0494. The van der Waals surface area contributed by atoms with Gasteiger partial charge in [0.25, 0.3) is 0 Å². The first kappa shape index (κ1) is 14.2. The van der Waals surface area contributed by atoms with Crippen molar-refractivity contribution in [1.82, 2.24) is 20.3 Å². The Morgan fingerprint density at radius 1 is 1.41 bits per heavy atom. The van der Waals surface area contributed by atoms with Crippen molar-refractivity contribution in [1.29, 1.82) is 5.26 Å². The largest absolute Gasteiger partial charge is 0.486 e. The maximum atomic E-state index is 9.20. The van der Waals surface area contributed by atoms with Crippen molar-refractivity contribution in [3.05, 3.63) is 30.2 Å². The Labute approximate surface area is 128 Å². The van der Waals surface area contributed by atoms with E-state index < -0.39 is 0 Å². The van der Waals surface area contributed by atoms with Gasteiger partial charge in [-0.25, -0.2) is 15.0 Å². The SMILES string of the molecule is N#Cc1ncc(-c2ccnc(N)n2)cc1OC1CCCNC1. The number of piperidine rings is 1. The summed E-state index contributed by atoms with van der Waals surface area (Å²) in [4.78, 5) is 12.2. The molecule has 3 rings (SSSR count). The molecule has 7 nitrogen and oxygen atoms in total. The summed E-state index contributed by atoms with van der Waals surface area (Å²) in [5.74, 6) is 0.673. The minimum absolute atomic E-state index is 0.0494. The van der Waals surface area contributed by atoms with Gasteiger partial charge < -0.3 is 15.8 Å². The van der Waals surface area contributed by atoms with Crippen LogP contribution in [-0.2, 0) is 0 Å². The van der Waals surface area contributed by atoms with Gasteiger partial charge in [0.1, 0.15) is 12.2 Å². The summed E-state index contributed by atoms with van der Waals surface area (Å²) in [6.45, 7) is 1.78. The van der Waals surface area contributed by atoms with Gasteiger partial charge in [-0.05, 0) is 31.5 Å². The first-order chi connectivity index (χ1) is 10.8. The smallest absolute Gasteiger partial charge is 0.220 e. The van der Waals surface area contributed by atoms with Crippen molar-refractivity contribution in [2.45, 2.75) is 18.9 Å². The van der Waals surface area contributed by atoms with Crippen LogP contribution in [0.1, 0.15) is 18.5 Å². The van der Waals surface area contributed by atoms with Gasteiger partial charge in [-0.2, -0.15) is 5.26 Å². The van der Waals surface area contributed by atoms with E-state index >= 15 is 0 Å². The summed E-state index contributed by atoms with van der Waals surface area (Å²) in [5, 5.41) is 12.5. The molecule has 0 aliphatic carbocycles. The van der Waals surface area contributed by atoms with Gasteiger partial charge in [0.05, 0.1) is 5.69 Å². The Morgan fingerprint density at radius 2 is 2.32 bits per heavy atom. The number of rotatable bonds is 3. The third-order valence-corrected chi connectivity index (χ3v) is 3.47. The second-order valence-corrected chi connectivity index (χ2v) is 5.07. The molecule has 7 heteroatoms. The van der Waals surface area contributed by atoms with Gasteiger partial charge >= 0.3 is 0 Å². The molecule has 0 saturated carbocycles. The second-order valence-electron chi connectivity index (χ2n) is 5.07. The summed E-state index contributed by atoms with van der Waals surface area (Å²) >= 11 is 0. The molecule has 1 atom stereocenters. The Morgan fingerprint density at radius 3 is 3.05 bits per heavy atom. The maximum absolute atomic E-state index is 9.20. The molecule has 112 valence electrons. The van der Waals surface area contributed by atoms with Gasteiger partial charge in [-0.15, -0.1) is 0 Å². The van der Waals surface area contributed by atoms with Crippen molar-refractivity contribution in [2.24, 2.45) is 0 Å². The van der Waals surface area contributed by atoms with Crippen LogP contribution in [0.25, 0.3) is 11.3 Å². The minimum Gasteiger partial charge on any atom is -0.486 e. The fourth-order valence-corrected chi connectivity index (χ4v) is 2.39. The molecule has 1 saturated heterocycles. The number of aromatic nitrogens is 3. The normalized spacial score (nSPS) is 17.7. The average Bonchev–Trinajstić information content (AvgIpc) is 2.56. The molecular formula is C15H16N6O. The van der Waals surface area contributed by atoms with Crippen molar-refractivity contribution in [3.63, 3.8) is 0 Å². The van der Waals surface area contributed by atoms with Crippen molar-refractivity contribution < 1.29 is 4.74 Å². The van der Waals surface area contributed by atoms with E-state index in [0.717, 1.165) is 31.5 Å². The summed E-state index contributed by atoms with van der Waals surface area (Å²) in [6, 6.07) is 5.58. The third kappa shape index (κ3) is 3.13. The van der Waals surface area contributed by atoms with Crippen LogP contribution in [0.3, 0.4) is 0 Å². The monoisotopic (exact) mass is 296 g/mol. The number of nitrogens with one attached hydrogen (secondary N) is 1. The zero-order chi connectivity index (χ0) is 15.4. The lowest BCUT2D eigenvalue weighted by Crippen LogP contribution is -2.37. The highest BCUT2D eigenvalue weighted by Gasteiger charge is 2.17. The third-order valence-electron chi connectivity index (χ3n) is 3.47. The summed E-state index contributed by atoms with van der Waals surface area (Å²) in [7, 11) is 0. The standard InChI is InChI=1S/C15H16N6O/c16-7-13-14(22-11-2-1-4-18-9-11)6-10(8-20-13)12-3-5-19-15(17)21-12/h3,5-6,8,11,18H,1-2,4,9H2,(H2,17,19,21). The maximum Gasteiger partial charge on any atom is 0.220 e. The highest BCUT2D eigenvalue weighted by atomic mass is 16.5. The fraction of sp³-hybridized carbons (Fsp3) is 0.333. The van der Waals surface area contributed by atoms with Crippen LogP contribution >= 0.6 is 0 Å². The molecule has 3 N–H and O–H groups in total. The van der Waals surface area contributed by atoms with Crippen LogP contribution in [0.2, 0.25) is 0 Å². The Bertz CT molecular complexity index is 705. The first-order valence-electron chi connectivity index (χ1n) is 7.12. The molecule has 3 heterocycles. The van der Waals surface area contributed by atoms with Crippen LogP contribution in [-0.4, -0.2) is 34.1 Å². The molecular weight excluding hydrogens is 280 g/mol. The molecule has 0 radical (unpaired) electrons. The number of anilines is 1. The highest BCUT2D eigenvalue weighted by molar-refractivity contribution is 5.62. The topological polar surface area (TPSA) is 110 Å². The van der Waals surface area contributed by atoms with E-state index in [1.54, 1.807) is 24.5 Å². The molecule has 22 heavy (non-hydrogen) atoms. The van der Waals surface area contributed by atoms with E-state index in [1.165, 1.54) is 0 Å². The van der Waals surface area contributed by atoms with E-state index in [1.807, 2.05) is 0 Å². The Hall–Kier alpha value is -2.72. The molecule has 1 aliphatic heterocycles. The first-order valence-corrected chi connectivity index (χ1v) is 7.12. The number of nitrogen functional groups attached to an aromatic ring is 1. The van der Waals surface area contributed by atoms with E-state index in [0.29, 0.717) is 11.4 Å². The molecule has 2 aromatic rings. The average molecular weight is 296 g/mol. The number of pyridine rings is 1. The molecule has 0 bridgehead atoms. The van der Waals surface area contributed by atoms with Crippen molar-refractivity contribution >= 4 is 5.95 Å². The lowest BCUT2D eigenvalue weighted by Gasteiger charge is -2.24. The van der Waals surface area contributed by atoms with E-state index in [2.05, 4.69) is 26.3 Å². The fourth-order valence-electron chi connectivity index (χ4n) is 2.39. The number of nitrogens with zero attached hydrogens (tertiary/aromatic N) is 4. The van der Waals surface area contributed by atoms with Crippen LogP contribution in [0, 0.1) is 11.3 Å². The molecule has 0 spiro atoms. The number of nitriles is 1. The van der Waals surface area contributed by atoms with Crippen molar-refractivity contribution in [3.8, 4) is 23.1 Å². The van der Waals surface area contributed by atoms with E-state index in [4.69, 9.17) is 10.5 Å². The predicted molar refractivity (Wildman–Crippen MR) is 80.9 cm³/mol. The molecule has 0 amide bonds. The number of hydrogen-bond acceptors (Lipinski definition) is 7. The number of ether oxygens (including phenoxy) is 1. The molecule has 1 aliphatic rings. The van der Waals surface area contributed by atoms with Gasteiger partial charge in [0.2, 0.25) is 5.95 Å². The van der Waals surface area contributed by atoms with Crippen molar-refractivity contribution in [2.75, 3.05) is 18.8 Å². The predicted octanol–water partition coefficient (Wildman–Crippen LogP) is 1.12. The van der Waals surface area contributed by atoms with E-state index in [9.17, 15) is 5.26 Å². The zero-order valence-corrected chi connectivity index (χ0v) is 12.0. The molecule has 1 unspecified atom stereocenters.